The Labute approximate surface area is 267 Å². The second-order valence-electron chi connectivity index (χ2n) is 11.0. The molecule has 0 bridgehead atoms. The first-order valence-corrected chi connectivity index (χ1v) is 14.8. The quantitative estimate of drug-likeness (QED) is 0.0881. The third kappa shape index (κ3) is 15.1. The van der Waals surface area contributed by atoms with E-state index in [0.29, 0.717) is 57.9 Å². The van der Waals surface area contributed by atoms with E-state index in [0.717, 1.165) is 5.56 Å². The third-order valence-electron chi connectivity index (χ3n) is 7.13. The number of hydrogen-bond donors (Lipinski definition) is 8. The van der Waals surface area contributed by atoms with E-state index in [1.807, 2.05) is 31.7 Å². The lowest BCUT2D eigenvalue weighted by Gasteiger charge is -2.38. The van der Waals surface area contributed by atoms with Crippen molar-refractivity contribution in [2.24, 2.45) is 28.7 Å². The number of carbonyl (C=O) groups excluding carboxylic acids is 4. The van der Waals surface area contributed by atoms with Crippen LogP contribution in [0.5, 0.6) is 0 Å². The predicted octanol–water partition coefficient (Wildman–Crippen LogP) is -4.54. The van der Waals surface area contributed by atoms with Gasteiger partial charge in [-0.15, -0.1) is 0 Å². The van der Waals surface area contributed by atoms with E-state index in [2.05, 4.69) is 10.6 Å². The number of primary amides is 4. The van der Waals surface area contributed by atoms with Gasteiger partial charge in [0.15, 0.2) is 5.11 Å². The van der Waals surface area contributed by atoms with E-state index in [1.54, 1.807) is 12.1 Å². The SMILES string of the molecule is NC(=O)CN1CCN(CC(N)=O)CCN(CC(N)=O)C(Cc2ccc(NC(=S)NC[C@@H](N)C(=O)O)cc2)CN(CC(N)=O)CC1. The minimum atomic E-state index is -1.15. The molecule has 1 unspecified atom stereocenters. The second kappa shape index (κ2) is 18.8. The van der Waals surface area contributed by atoms with Crippen molar-refractivity contribution in [2.45, 2.75) is 18.5 Å². The molecule has 4 amide bonds. The van der Waals surface area contributed by atoms with Crippen LogP contribution in [0.2, 0.25) is 0 Å². The van der Waals surface area contributed by atoms with Crippen molar-refractivity contribution >= 4 is 52.6 Å². The van der Waals surface area contributed by atoms with Crippen LogP contribution < -0.4 is 39.3 Å². The van der Waals surface area contributed by atoms with Crippen molar-refractivity contribution in [2.75, 3.05) is 83.9 Å². The normalized spacial score (nSPS) is 18.6. The number of carbonyl (C=O) groups is 5. The largest absolute Gasteiger partial charge is 0.480 e. The predicted molar refractivity (Wildman–Crippen MR) is 171 cm³/mol. The van der Waals surface area contributed by atoms with E-state index in [9.17, 15) is 24.0 Å². The van der Waals surface area contributed by atoms with E-state index in [4.69, 9.17) is 46.0 Å². The van der Waals surface area contributed by atoms with Gasteiger partial charge in [-0.1, -0.05) is 12.1 Å². The van der Waals surface area contributed by atoms with Gasteiger partial charge in [-0.3, -0.25) is 43.6 Å². The highest BCUT2D eigenvalue weighted by atomic mass is 32.1. The lowest BCUT2D eigenvalue weighted by Crippen LogP contribution is -2.54. The van der Waals surface area contributed by atoms with Crippen molar-refractivity contribution in [3.05, 3.63) is 29.8 Å². The fraction of sp³-hybridized carbons (Fsp3) is 0.556. The number of nitrogens with two attached hydrogens (primary N) is 5. The molecule has 1 aromatic rings. The highest BCUT2D eigenvalue weighted by Gasteiger charge is 2.26. The van der Waals surface area contributed by atoms with E-state index in [-0.39, 0.29) is 43.9 Å². The first-order chi connectivity index (χ1) is 21.2. The summed E-state index contributed by atoms with van der Waals surface area (Å²) in [5.41, 5.74) is 29.2. The molecule has 2 atom stereocenters. The molecular weight excluding hydrogens is 606 g/mol. The van der Waals surface area contributed by atoms with Crippen molar-refractivity contribution < 1.29 is 29.1 Å². The van der Waals surface area contributed by atoms with Crippen LogP contribution in [0.1, 0.15) is 5.56 Å². The van der Waals surface area contributed by atoms with E-state index < -0.39 is 35.6 Å². The fourth-order valence-electron chi connectivity index (χ4n) is 4.93. The number of benzene rings is 1. The summed E-state index contributed by atoms with van der Waals surface area (Å²) in [6, 6.07) is 5.93. The maximum atomic E-state index is 12.2. The lowest BCUT2D eigenvalue weighted by atomic mass is 10.0. The third-order valence-corrected chi connectivity index (χ3v) is 7.38. The molecule has 1 aliphatic heterocycles. The Morgan fingerprint density at radius 1 is 0.778 bits per heavy atom. The minimum absolute atomic E-state index is 0.00223. The standard InChI is InChI=1S/C27H45N11O6S/c28-21(26(43)44)12-33-27(45)34-19-3-1-18(2-4-19)11-20-13-37(16-24(31)41)8-7-35(14-22(29)39)5-6-36(15-23(30)40)9-10-38(20)17-25(32)42/h1-4,20-21H,5-17,28H2,(H2,29,39)(H2,30,40)(H2,31,41)(H2,32,42)(H,43,44)(H2,33,34,45)/t20?,21-/m1/s1. The van der Waals surface area contributed by atoms with Gasteiger partial charge in [0.25, 0.3) is 0 Å². The number of hydrogen-bond acceptors (Lipinski definition) is 11. The first-order valence-electron chi connectivity index (χ1n) is 14.4. The number of aliphatic carboxylic acids is 1. The van der Waals surface area contributed by atoms with E-state index in [1.165, 1.54) is 0 Å². The maximum absolute atomic E-state index is 12.2. The molecule has 17 nitrogen and oxygen atoms in total. The maximum Gasteiger partial charge on any atom is 0.322 e. The number of rotatable bonds is 14. The Morgan fingerprint density at radius 2 is 1.24 bits per heavy atom. The van der Waals surface area contributed by atoms with Crippen LogP contribution in [-0.4, -0.2) is 150 Å². The summed E-state index contributed by atoms with van der Waals surface area (Å²) in [7, 11) is 0. The van der Waals surface area contributed by atoms with Crippen molar-refractivity contribution in [3.63, 3.8) is 0 Å². The number of anilines is 1. The summed E-state index contributed by atoms with van der Waals surface area (Å²) >= 11 is 5.22. The van der Waals surface area contributed by atoms with Crippen molar-refractivity contribution in [1.82, 2.24) is 24.9 Å². The topological polar surface area (TPSA) is 273 Å². The van der Waals surface area contributed by atoms with Crippen LogP contribution in [0, 0.1) is 0 Å². The zero-order valence-corrected chi connectivity index (χ0v) is 26.0. The molecule has 2 rings (SSSR count). The number of thiocarbonyl (C=S) groups is 1. The van der Waals surface area contributed by atoms with Crippen LogP contribution >= 0.6 is 12.2 Å². The smallest absolute Gasteiger partial charge is 0.322 e. The van der Waals surface area contributed by atoms with Gasteiger partial charge < -0.3 is 44.4 Å². The van der Waals surface area contributed by atoms with Gasteiger partial charge in [-0.2, -0.15) is 0 Å². The molecule has 13 N–H and O–H groups in total. The number of nitrogens with zero attached hydrogens (tertiary/aromatic N) is 4. The molecular formula is C27H45N11O6S. The molecule has 0 aromatic heterocycles. The summed E-state index contributed by atoms with van der Waals surface area (Å²) < 4.78 is 0. The minimum Gasteiger partial charge on any atom is -0.480 e. The summed E-state index contributed by atoms with van der Waals surface area (Å²) in [5, 5.41) is 14.9. The zero-order chi connectivity index (χ0) is 33.5. The molecule has 1 heterocycles. The number of amides is 4. The molecule has 0 saturated carbocycles. The van der Waals surface area contributed by atoms with Gasteiger partial charge in [0, 0.05) is 64.1 Å². The molecule has 0 radical (unpaired) electrons. The van der Waals surface area contributed by atoms with Crippen LogP contribution in [0.4, 0.5) is 5.69 Å². The summed E-state index contributed by atoms with van der Waals surface area (Å²) in [6.07, 6.45) is 0.458. The Kier molecular flexibility index (Phi) is 15.5. The zero-order valence-electron chi connectivity index (χ0n) is 25.2. The first kappa shape index (κ1) is 37.2. The highest BCUT2D eigenvalue weighted by molar-refractivity contribution is 7.80. The van der Waals surface area contributed by atoms with Crippen LogP contribution in [0.15, 0.2) is 24.3 Å². The van der Waals surface area contributed by atoms with Crippen molar-refractivity contribution in [3.8, 4) is 0 Å². The number of carboxylic acid groups (broad SMARTS) is 1. The highest BCUT2D eigenvalue weighted by Crippen LogP contribution is 2.16. The Morgan fingerprint density at radius 3 is 1.73 bits per heavy atom. The molecule has 1 aromatic carbocycles. The Hall–Kier alpha value is -3.94. The van der Waals surface area contributed by atoms with E-state index >= 15 is 0 Å². The molecule has 45 heavy (non-hydrogen) atoms. The van der Waals surface area contributed by atoms with Crippen LogP contribution in [0.25, 0.3) is 0 Å². The molecule has 1 aliphatic rings. The monoisotopic (exact) mass is 651 g/mol. The molecule has 18 heteroatoms. The second-order valence-corrected chi connectivity index (χ2v) is 11.4. The molecule has 0 spiro atoms. The van der Waals surface area contributed by atoms with Crippen LogP contribution in [-0.2, 0) is 30.4 Å². The summed E-state index contributed by atoms with van der Waals surface area (Å²) in [5.74, 6) is -3.23. The van der Waals surface area contributed by atoms with Crippen LogP contribution in [0.3, 0.4) is 0 Å². The van der Waals surface area contributed by atoms with Gasteiger partial charge in [0.1, 0.15) is 6.04 Å². The van der Waals surface area contributed by atoms with Gasteiger partial charge in [0.2, 0.25) is 23.6 Å². The van der Waals surface area contributed by atoms with Gasteiger partial charge in [-0.25, -0.2) is 0 Å². The average Bonchev–Trinajstić information content (AvgIpc) is 2.93. The number of nitrogens with one attached hydrogen (secondary N) is 2. The summed E-state index contributed by atoms with van der Waals surface area (Å²) in [4.78, 5) is 66.2. The molecule has 250 valence electrons. The number of carboxylic acids is 1. The molecule has 1 fully saturated rings. The molecule has 1 saturated heterocycles. The average molecular weight is 652 g/mol. The van der Waals surface area contributed by atoms with Gasteiger partial charge in [-0.05, 0) is 36.3 Å². The van der Waals surface area contributed by atoms with Gasteiger partial charge >= 0.3 is 5.97 Å². The Bertz CT molecular complexity index is 1190. The lowest BCUT2D eigenvalue weighted by molar-refractivity contribution is -0.138. The summed E-state index contributed by atoms with van der Waals surface area (Å²) in [6.45, 7) is 2.53. The van der Waals surface area contributed by atoms with Gasteiger partial charge in [0.05, 0.1) is 26.2 Å². The van der Waals surface area contributed by atoms with Crippen molar-refractivity contribution in [1.29, 1.82) is 0 Å². The fourth-order valence-corrected chi connectivity index (χ4v) is 5.13. The Balaban J connectivity index is 2.31. The molecule has 0 aliphatic carbocycles.